The summed E-state index contributed by atoms with van der Waals surface area (Å²) < 4.78 is 0. The van der Waals surface area contributed by atoms with Crippen molar-refractivity contribution in [3.8, 4) is 11.5 Å². The Hall–Kier alpha value is -1.46. The molecule has 0 amide bonds. The molecular formula is C7H8NO4-. The van der Waals surface area contributed by atoms with Crippen molar-refractivity contribution in [1.82, 2.24) is 0 Å². The average Bonchev–Trinajstić information content (AvgIpc) is 1.96. The third-order valence-corrected chi connectivity index (χ3v) is 1.49. The number of aryl methyl sites for hydroxylation is 1. The van der Waals surface area contributed by atoms with Gasteiger partial charge in [-0.3, -0.25) is 10.4 Å². The van der Waals surface area contributed by atoms with Crippen molar-refractivity contribution in [2.75, 3.05) is 5.23 Å². The van der Waals surface area contributed by atoms with E-state index in [-0.39, 0.29) is 10.9 Å². The second-order valence-electron chi connectivity index (χ2n) is 2.40. The van der Waals surface area contributed by atoms with Gasteiger partial charge in [0.15, 0.2) is 0 Å². The fourth-order valence-electron chi connectivity index (χ4n) is 0.878. The number of hydrogen-bond donors (Lipinski definition) is 3. The van der Waals surface area contributed by atoms with E-state index in [9.17, 15) is 5.11 Å². The van der Waals surface area contributed by atoms with Gasteiger partial charge < -0.3 is 10.2 Å². The van der Waals surface area contributed by atoms with Gasteiger partial charge in [-0.2, -0.15) is 0 Å². The van der Waals surface area contributed by atoms with Gasteiger partial charge in [0, 0.05) is 0 Å². The quantitative estimate of drug-likeness (QED) is 0.529. The van der Waals surface area contributed by atoms with Gasteiger partial charge in [0.2, 0.25) is 0 Å². The smallest absolute Gasteiger partial charge is 0.108 e. The molecule has 0 aliphatic carbocycles. The van der Waals surface area contributed by atoms with Gasteiger partial charge in [-0.05, 0) is 24.6 Å². The van der Waals surface area contributed by atoms with E-state index < -0.39 is 11.5 Å². The number of anilines is 1. The molecule has 3 N–H and O–H groups in total. The molecule has 0 fully saturated rings. The average molecular weight is 170 g/mol. The van der Waals surface area contributed by atoms with Crippen molar-refractivity contribution >= 4 is 5.69 Å². The minimum Gasteiger partial charge on any atom is -0.870 e. The van der Waals surface area contributed by atoms with Gasteiger partial charge in [-0.1, -0.05) is 5.75 Å². The minimum atomic E-state index is -0.649. The topological polar surface area (TPSA) is 87.0 Å². The number of rotatable bonds is 1. The van der Waals surface area contributed by atoms with E-state index in [1.54, 1.807) is 0 Å². The number of benzene rings is 1. The SMILES string of the molecule is Cc1cc(O)c([O-])cc1N(O)O. The van der Waals surface area contributed by atoms with E-state index in [0.717, 1.165) is 12.1 Å². The number of aromatic hydroxyl groups is 1. The zero-order valence-electron chi connectivity index (χ0n) is 6.35. The first-order valence-electron chi connectivity index (χ1n) is 3.21. The molecule has 0 aliphatic heterocycles. The van der Waals surface area contributed by atoms with Crippen LogP contribution in [-0.4, -0.2) is 15.5 Å². The fraction of sp³-hybridized carbons (Fsp3) is 0.143. The summed E-state index contributed by atoms with van der Waals surface area (Å²) in [6, 6.07) is 2.10. The molecular weight excluding hydrogens is 162 g/mol. The molecule has 66 valence electrons. The lowest BCUT2D eigenvalue weighted by molar-refractivity contribution is -0.270. The van der Waals surface area contributed by atoms with Crippen molar-refractivity contribution < 1.29 is 20.6 Å². The molecule has 1 aromatic rings. The largest absolute Gasteiger partial charge is 0.870 e. The summed E-state index contributed by atoms with van der Waals surface area (Å²) in [7, 11) is 0. The molecule has 12 heavy (non-hydrogen) atoms. The van der Waals surface area contributed by atoms with Crippen molar-refractivity contribution in [1.29, 1.82) is 0 Å². The lowest BCUT2D eigenvalue weighted by Crippen LogP contribution is -2.12. The van der Waals surface area contributed by atoms with E-state index in [1.807, 2.05) is 0 Å². The Kier molecular flexibility index (Phi) is 2.07. The van der Waals surface area contributed by atoms with Crippen molar-refractivity contribution in [3.05, 3.63) is 17.7 Å². The second-order valence-corrected chi connectivity index (χ2v) is 2.40. The molecule has 1 aromatic carbocycles. The van der Waals surface area contributed by atoms with Crippen LogP contribution >= 0.6 is 0 Å². The number of phenols is 1. The third-order valence-electron chi connectivity index (χ3n) is 1.49. The monoisotopic (exact) mass is 170 g/mol. The summed E-state index contributed by atoms with van der Waals surface area (Å²) in [6.07, 6.45) is 0. The summed E-state index contributed by atoms with van der Waals surface area (Å²) in [4.78, 5) is 0. The Bertz CT molecular complexity index is 298. The van der Waals surface area contributed by atoms with Crippen molar-refractivity contribution in [3.63, 3.8) is 0 Å². The Labute approximate surface area is 68.6 Å². The highest BCUT2D eigenvalue weighted by atomic mass is 16.8. The van der Waals surface area contributed by atoms with Crippen LogP contribution in [0, 0.1) is 6.92 Å². The molecule has 0 bridgehead atoms. The lowest BCUT2D eigenvalue weighted by atomic mass is 10.2. The van der Waals surface area contributed by atoms with Crippen LogP contribution in [0.2, 0.25) is 0 Å². The Morgan fingerprint density at radius 2 is 1.92 bits per heavy atom. The molecule has 0 heterocycles. The highest BCUT2D eigenvalue weighted by molar-refractivity contribution is 5.57. The Balaban J connectivity index is 3.23. The fourth-order valence-corrected chi connectivity index (χ4v) is 0.878. The first-order valence-corrected chi connectivity index (χ1v) is 3.21. The van der Waals surface area contributed by atoms with Crippen LogP contribution in [0.15, 0.2) is 12.1 Å². The van der Waals surface area contributed by atoms with Gasteiger partial charge in [-0.15, -0.1) is 5.23 Å². The zero-order chi connectivity index (χ0) is 9.30. The first kappa shape index (κ1) is 8.63. The van der Waals surface area contributed by atoms with Crippen LogP contribution in [0.1, 0.15) is 5.56 Å². The van der Waals surface area contributed by atoms with E-state index in [0.29, 0.717) is 5.56 Å². The van der Waals surface area contributed by atoms with Gasteiger partial charge in [-0.25, -0.2) is 0 Å². The summed E-state index contributed by atoms with van der Waals surface area (Å²) >= 11 is 0. The molecule has 0 spiro atoms. The molecule has 0 saturated carbocycles. The lowest BCUT2D eigenvalue weighted by Gasteiger charge is -2.16. The molecule has 0 atom stereocenters. The molecule has 0 aliphatic rings. The van der Waals surface area contributed by atoms with Gasteiger partial charge in [0.1, 0.15) is 5.75 Å². The summed E-state index contributed by atoms with van der Waals surface area (Å²) in [6.45, 7) is 1.54. The predicted octanol–water partition coefficient (Wildman–Crippen LogP) is 0.359. The predicted molar refractivity (Wildman–Crippen MR) is 38.3 cm³/mol. The Morgan fingerprint density at radius 1 is 1.33 bits per heavy atom. The first-order chi connectivity index (χ1) is 5.52. The van der Waals surface area contributed by atoms with Gasteiger partial charge in [0.25, 0.3) is 0 Å². The van der Waals surface area contributed by atoms with Gasteiger partial charge in [0.05, 0.1) is 5.69 Å². The maximum absolute atomic E-state index is 10.8. The maximum Gasteiger partial charge on any atom is 0.108 e. The number of nitrogens with zero attached hydrogens (tertiary/aromatic N) is 1. The summed E-state index contributed by atoms with van der Waals surface area (Å²) in [5.74, 6) is -1.05. The van der Waals surface area contributed by atoms with Crippen LogP contribution < -0.4 is 10.3 Å². The van der Waals surface area contributed by atoms with E-state index >= 15 is 0 Å². The van der Waals surface area contributed by atoms with E-state index in [4.69, 9.17) is 15.5 Å². The van der Waals surface area contributed by atoms with Crippen LogP contribution in [0.3, 0.4) is 0 Å². The second kappa shape index (κ2) is 2.88. The Morgan fingerprint density at radius 3 is 2.42 bits per heavy atom. The minimum absolute atomic E-state index is 0.0437. The summed E-state index contributed by atoms with van der Waals surface area (Å²) in [5, 5.41) is 36.7. The molecule has 0 aromatic heterocycles. The van der Waals surface area contributed by atoms with Crippen LogP contribution in [-0.2, 0) is 0 Å². The standard InChI is InChI=1S/C7H9NO4/c1-4-2-6(9)7(10)3-5(4)8(11)12/h2-3,9-12H,1H3/p-1. The highest BCUT2D eigenvalue weighted by Crippen LogP contribution is 2.29. The van der Waals surface area contributed by atoms with Crippen LogP contribution in [0.5, 0.6) is 11.5 Å². The molecule has 1 rings (SSSR count). The third kappa shape index (κ3) is 1.41. The number of phenolic OH excluding ortho intramolecular Hbond substituents is 1. The number of hydrogen-bond acceptors (Lipinski definition) is 5. The maximum atomic E-state index is 10.8. The molecule has 0 saturated heterocycles. The zero-order valence-corrected chi connectivity index (χ0v) is 6.35. The van der Waals surface area contributed by atoms with E-state index in [1.165, 1.54) is 6.92 Å². The molecule has 0 radical (unpaired) electrons. The van der Waals surface area contributed by atoms with Crippen molar-refractivity contribution in [2.45, 2.75) is 6.92 Å². The normalized spacial score (nSPS) is 9.92. The van der Waals surface area contributed by atoms with Crippen molar-refractivity contribution in [2.24, 2.45) is 0 Å². The van der Waals surface area contributed by atoms with Gasteiger partial charge >= 0.3 is 0 Å². The highest BCUT2D eigenvalue weighted by Gasteiger charge is 2.04. The van der Waals surface area contributed by atoms with E-state index in [2.05, 4.69) is 0 Å². The molecule has 5 heteroatoms. The molecule has 0 unspecified atom stereocenters. The van der Waals surface area contributed by atoms with Crippen LogP contribution in [0.4, 0.5) is 5.69 Å². The molecule has 5 nitrogen and oxygen atoms in total. The summed E-state index contributed by atoms with van der Waals surface area (Å²) in [5.41, 5.74) is 0.356. The van der Waals surface area contributed by atoms with Crippen LogP contribution in [0.25, 0.3) is 0 Å².